The lowest BCUT2D eigenvalue weighted by Crippen LogP contribution is -2.44. The number of amides is 4. The summed E-state index contributed by atoms with van der Waals surface area (Å²) in [5.74, 6) is 0.0550. The molecule has 1 saturated carbocycles. The van der Waals surface area contributed by atoms with Crippen molar-refractivity contribution in [2.24, 2.45) is 0 Å². The van der Waals surface area contributed by atoms with E-state index in [1.807, 2.05) is 19.0 Å². The smallest absolute Gasteiger partial charge is 0.325 e. The summed E-state index contributed by atoms with van der Waals surface area (Å²) in [5.41, 5.74) is -0.264. The van der Waals surface area contributed by atoms with Crippen molar-refractivity contribution < 1.29 is 14.4 Å². The molecule has 8 heteroatoms. The number of rotatable bonds is 4. The van der Waals surface area contributed by atoms with Crippen molar-refractivity contribution in [2.75, 3.05) is 30.9 Å². The van der Waals surface area contributed by atoms with Crippen LogP contribution in [0, 0.1) is 0 Å². The van der Waals surface area contributed by atoms with E-state index in [1.165, 1.54) is 6.20 Å². The van der Waals surface area contributed by atoms with Crippen LogP contribution in [-0.4, -0.2) is 53.9 Å². The van der Waals surface area contributed by atoms with Crippen molar-refractivity contribution >= 4 is 29.4 Å². The van der Waals surface area contributed by atoms with Gasteiger partial charge in [-0.25, -0.2) is 9.78 Å². The molecule has 24 heavy (non-hydrogen) atoms. The number of carbonyl (C=O) groups excluding carboxylic acids is 3. The van der Waals surface area contributed by atoms with Crippen molar-refractivity contribution in [3.8, 4) is 0 Å². The van der Waals surface area contributed by atoms with Crippen molar-refractivity contribution in [2.45, 2.75) is 31.2 Å². The summed E-state index contributed by atoms with van der Waals surface area (Å²) in [7, 11) is 3.74. The highest BCUT2D eigenvalue weighted by Crippen LogP contribution is 2.34. The van der Waals surface area contributed by atoms with Gasteiger partial charge in [0, 0.05) is 14.1 Å². The zero-order chi connectivity index (χ0) is 17.3. The second kappa shape index (κ2) is 6.10. The van der Waals surface area contributed by atoms with Crippen molar-refractivity contribution in [3.63, 3.8) is 0 Å². The molecular formula is C16H21N5O3. The monoisotopic (exact) mass is 331 g/mol. The van der Waals surface area contributed by atoms with Gasteiger partial charge in [-0.15, -0.1) is 0 Å². The molecule has 1 aliphatic heterocycles. The first-order chi connectivity index (χ1) is 11.4. The lowest BCUT2D eigenvalue weighted by atomic mass is 9.98. The number of nitrogens with one attached hydrogen (secondary N) is 2. The first kappa shape index (κ1) is 16.2. The Balaban J connectivity index is 1.62. The van der Waals surface area contributed by atoms with Gasteiger partial charge >= 0.3 is 6.03 Å². The maximum Gasteiger partial charge on any atom is 0.325 e. The average molecular weight is 331 g/mol. The van der Waals surface area contributed by atoms with E-state index in [1.54, 1.807) is 12.1 Å². The molecule has 3 rings (SSSR count). The van der Waals surface area contributed by atoms with E-state index in [4.69, 9.17) is 0 Å². The summed E-state index contributed by atoms with van der Waals surface area (Å²) in [5, 5.41) is 5.42. The molecule has 2 N–H and O–H groups in total. The molecule has 2 fully saturated rings. The second-order valence-corrected chi connectivity index (χ2v) is 6.46. The SMILES string of the molecule is CN(C)c1ccc(NC(=O)CN2C(=O)NC3(CCCC3)C2=O)cn1. The Kier molecular flexibility index (Phi) is 4.13. The molecule has 128 valence electrons. The minimum atomic E-state index is -0.785. The summed E-state index contributed by atoms with van der Waals surface area (Å²) >= 11 is 0. The van der Waals surface area contributed by atoms with E-state index < -0.39 is 17.5 Å². The fraction of sp³-hybridized carbons (Fsp3) is 0.500. The van der Waals surface area contributed by atoms with Crippen LogP contribution in [0.15, 0.2) is 18.3 Å². The summed E-state index contributed by atoms with van der Waals surface area (Å²) in [4.78, 5) is 43.8. The van der Waals surface area contributed by atoms with Gasteiger partial charge in [0.1, 0.15) is 17.9 Å². The van der Waals surface area contributed by atoms with Gasteiger partial charge in [0.25, 0.3) is 5.91 Å². The van der Waals surface area contributed by atoms with E-state index >= 15 is 0 Å². The van der Waals surface area contributed by atoms with Gasteiger partial charge in [0.15, 0.2) is 0 Å². The van der Waals surface area contributed by atoms with Gasteiger partial charge in [-0.05, 0) is 25.0 Å². The van der Waals surface area contributed by atoms with Crippen LogP contribution < -0.4 is 15.5 Å². The van der Waals surface area contributed by atoms with Crippen LogP contribution in [0.2, 0.25) is 0 Å². The minimum Gasteiger partial charge on any atom is -0.363 e. The van der Waals surface area contributed by atoms with Crippen molar-refractivity contribution in [3.05, 3.63) is 18.3 Å². The number of urea groups is 1. The Labute approximate surface area is 140 Å². The molecule has 1 spiro atoms. The van der Waals surface area contributed by atoms with Gasteiger partial charge in [-0.1, -0.05) is 12.8 Å². The topological polar surface area (TPSA) is 94.6 Å². The Morgan fingerprint density at radius 3 is 2.62 bits per heavy atom. The first-order valence-corrected chi connectivity index (χ1v) is 7.99. The van der Waals surface area contributed by atoms with E-state index in [0.29, 0.717) is 18.5 Å². The Morgan fingerprint density at radius 2 is 2.04 bits per heavy atom. The van der Waals surface area contributed by atoms with Crippen LogP contribution in [0.4, 0.5) is 16.3 Å². The van der Waals surface area contributed by atoms with E-state index in [9.17, 15) is 14.4 Å². The lowest BCUT2D eigenvalue weighted by molar-refractivity contribution is -0.133. The maximum absolute atomic E-state index is 12.5. The summed E-state index contributed by atoms with van der Waals surface area (Å²) < 4.78 is 0. The molecule has 0 unspecified atom stereocenters. The zero-order valence-electron chi connectivity index (χ0n) is 13.8. The van der Waals surface area contributed by atoms with E-state index in [0.717, 1.165) is 23.6 Å². The van der Waals surface area contributed by atoms with Crippen LogP contribution in [0.25, 0.3) is 0 Å². The highest BCUT2D eigenvalue weighted by molar-refractivity contribution is 6.10. The first-order valence-electron chi connectivity index (χ1n) is 7.99. The third kappa shape index (κ3) is 2.91. The molecule has 4 amide bonds. The highest BCUT2D eigenvalue weighted by Gasteiger charge is 2.52. The van der Waals surface area contributed by atoms with Crippen LogP contribution >= 0.6 is 0 Å². The number of imide groups is 1. The number of hydrogen-bond acceptors (Lipinski definition) is 5. The average Bonchev–Trinajstić information content (AvgIpc) is 3.09. The number of hydrogen-bond donors (Lipinski definition) is 2. The molecule has 2 heterocycles. The third-order valence-corrected chi connectivity index (χ3v) is 4.49. The quantitative estimate of drug-likeness (QED) is 0.801. The van der Waals surface area contributed by atoms with Crippen LogP contribution in [0.5, 0.6) is 0 Å². The number of aromatic nitrogens is 1. The van der Waals surface area contributed by atoms with E-state index in [-0.39, 0.29) is 12.5 Å². The lowest BCUT2D eigenvalue weighted by Gasteiger charge is -2.19. The van der Waals surface area contributed by atoms with Crippen LogP contribution in [0.1, 0.15) is 25.7 Å². The highest BCUT2D eigenvalue weighted by atomic mass is 16.2. The standard InChI is InChI=1S/C16H21N5O3/c1-20(2)12-6-5-11(9-17-12)18-13(22)10-21-14(23)16(19-15(21)24)7-3-4-8-16/h5-6,9H,3-4,7-8,10H2,1-2H3,(H,18,22)(H,19,24). The predicted octanol–water partition coefficient (Wildman–Crippen LogP) is 0.951. The number of nitrogens with zero attached hydrogens (tertiary/aromatic N) is 3. The molecule has 0 radical (unpaired) electrons. The fourth-order valence-corrected chi connectivity index (χ4v) is 3.21. The van der Waals surface area contributed by atoms with Gasteiger partial charge in [0.2, 0.25) is 5.91 Å². The molecule has 8 nitrogen and oxygen atoms in total. The normalized spacial score (nSPS) is 18.8. The number of pyridine rings is 1. The maximum atomic E-state index is 12.5. The van der Waals surface area contributed by atoms with Crippen LogP contribution in [0.3, 0.4) is 0 Å². The zero-order valence-corrected chi connectivity index (χ0v) is 13.8. The van der Waals surface area contributed by atoms with Gasteiger partial charge in [0.05, 0.1) is 11.9 Å². The van der Waals surface area contributed by atoms with Gasteiger partial charge in [-0.3, -0.25) is 14.5 Å². The Bertz CT molecular complexity index is 665. The largest absolute Gasteiger partial charge is 0.363 e. The molecule has 1 aliphatic carbocycles. The van der Waals surface area contributed by atoms with Crippen LogP contribution in [-0.2, 0) is 9.59 Å². The molecule has 1 aromatic rings. The molecule has 0 atom stereocenters. The molecule has 0 aromatic carbocycles. The predicted molar refractivity (Wildman–Crippen MR) is 88.6 cm³/mol. The van der Waals surface area contributed by atoms with Gasteiger partial charge in [-0.2, -0.15) is 0 Å². The summed E-state index contributed by atoms with van der Waals surface area (Å²) in [6, 6.07) is 3.01. The summed E-state index contributed by atoms with van der Waals surface area (Å²) in [6.07, 6.45) is 4.65. The second-order valence-electron chi connectivity index (χ2n) is 6.46. The minimum absolute atomic E-state index is 0.290. The van der Waals surface area contributed by atoms with Crippen molar-refractivity contribution in [1.29, 1.82) is 0 Å². The Hall–Kier alpha value is -2.64. The van der Waals surface area contributed by atoms with E-state index in [2.05, 4.69) is 15.6 Å². The van der Waals surface area contributed by atoms with Crippen molar-refractivity contribution in [1.82, 2.24) is 15.2 Å². The third-order valence-electron chi connectivity index (χ3n) is 4.49. The molecular weight excluding hydrogens is 310 g/mol. The van der Waals surface area contributed by atoms with Gasteiger partial charge < -0.3 is 15.5 Å². The Morgan fingerprint density at radius 1 is 1.33 bits per heavy atom. The number of anilines is 2. The fourth-order valence-electron chi connectivity index (χ4n) is 3.21. The summed E-state index contributed by atoms with van der Waals surface area (Å²) in [6.45, 7) is -0.290. The molecule has 1 saturated heterocycles. The molecule has 1 aromatic heterocycles. The number of carbonyl (C=O) groups is 3. The molecule has 0 bridgehead atoms. The molecule has 2 aliphatic rings.